The Kier molecular flexibility index (Phi) is 7.33. The summed E-state index contributed by atoms with van der Waals surface area (Å²) in [5.41, 5.74) is -0.0442. The largest absolute Gasteiger partial charge is 0.351 e. The molecule has 1 aromatic rings. The first-order valence-corrected chi connectivity index (χ1v) is 12.9. The topological polar surface area (TPSA) is 86.8 Å². The highest BCUT2D eigenvalue weighted by atomic mass is 35.5. The fourth-order valence-electron chi connectivity index (χ4n) is 4.58. The van der Waals surface area contributed by atoms with Gasteiger partial charge in [-0.1, -0.05) is 37.8 Å². The van der Waals surface area contributed by atoms with E-state index in [2.05, 4.69) is 5.32 Å². The van der Waals surface area contributed by atoms with Crippen molar-refractivity contribution in [2.45, 2.75) is 70.9 Å². The van der Waals surface area contributed by atoms with Crippen LogP contribution in [0, 0.1) is 6.92 Å². The summed E-state index contributed by atoms with van der Waals surface area (Å²) in [4.78, 5) is 28.4. The monoisotopic (exact) mass is 469 g/mol. The van der Waals surface area contributed by atoms with Crippen molar-refractivity contribution < 1.29 is 18.0 Å². The molecule has 1 atom stereocenters. The van der Waals surface area contributed by atoms with Gasteiger partial charge in [0.15, 0.2) is 0 Å². The summed E-state index contributed by atoms with van der Waals surface area (Å²) in [7, 11) is -3.64. The molecule has 0 bridgehead atoms. The second kappa shape index (κ2) is 9.46. The van der Waals surface area contributed by atoms with Crippen LogP contribution in [-0.2, 0) is 19.6 Å². The molecule has 3 rings (SSSR count). The molecule has 7 nitrogen and oxygen atoms in total. The Hall–Kier alpha value is -1.64. The molecule has 31 heavy (non-hydrogen) atoms. The molecule has 1 N–H and O–H groups in total. The molecule has 2 aliphatic rings. The zero-order valence-electron chi connectivity index (χ0n) is 18.5. The Morgan fingerprint density at radius 3 is 2.55 bits per heavy atom. The Bertz CT molecular complexity index is 946. The van der Waals surface area contributed by atoms with Crippen LogP contribution < -0.4 is 10.2 Å². The molecule has 0 radical (unpaired) electrons. The Morgan fingerprint density at radius 2 is 1.94 bits per heavy atom. The lowest BCUT2D eigenvalue weighted by Crippen LogP contribution is -2.71. The van der Waals surface area contributed by atoms with E-state index in [1.54, 1.807) is 32.0 Å². The summed E-state index contributed by atoms with van der Waals surface area (Å²) in [6, 6.07) is 5.18. The SMILES string of the molecule is CCCS(=O)(=O)N1CC(=O)N(c2ccc(Cl)cc2C)[C@](C)(C(=O)NC2CCCCC2)C1. The first-order chi connectivity index (χ1) is 14.6. The fraction of sp³-hybridized carbons (Fsp3) is 0.636. The van der Waals surface area contributed by atoms with E-state index in [1.165, 1.54) is 9.21 Å². The maximum Gasteiger partial charge on any atom is 0.247 e. The summed E-state index contributed by atoms with van der Waals surface area (Å²) in [6.07, 6.45) is 5.50. The lowest BCUT2D eigenvalue weighted by molar-refractivity contribution is -0.133. The molecular formula is C22H32ClN3O4S. The van der Waals surface area contributed by atoms with E-state index >= 15 is 0 Å². The number of amides is 2. The van der Waals surface area contributed by atoms with Crippen LogP contribution in [0.1, 0.15) is 57.9 Å². The van der Waals surface area contributed by atoms with Gasteiger partial charge in [0, 0.05) is 23.3 Å². The number of nitrogens with one attached hydrogen (secondary N) is 1. The van der Waals surface area contributed by atoms with Crippen LogP contribution in [0.3, 0.4) is 0 Å². The number of aryl methyl sites for hydroxylation is 1. The molecule has 1 aliphatic heterocycles. The van der Waals surface area contributed by atoms with Crippen molar-refractivity contribution in [3.8, 4) is 0 Å². The molecule has 2 fully saturated rings. The van der Waals surface area contributed by atoms with Gasteiger partial charge in [0.1, 0.15) is 5.54 Å². The molecular weight excluding hydrogens is 438 g/mol. The molecule has 1 saturated heterocycles. The Morgan fingerprint density at radius 1 is 1.26 bits per heavy atom. The van der Waals surface area contributed by atoms with E-state index in [9.17, 15) is 18.0 Å². The van der Waals surface area contributed by atoms with Crippen molar-refractivity contribution in [2.75, 3.05) is 23.7 Å². The summed E-state index contributed by atoms with van der Waals surface area (Å²) in [5, 5.41) is 3.64. The zero-order valence-corrected chi connectivity index (χ0v) is 20.1. The minimum Gasteiger partial charge on any atom is -0.351 e. The Balaban J connectivity index is 2.01. The average molecular weight is 470 g/mol. The molecule has 2 amide bonds. The van der Waals surface area contributed by atoms with Crippen LogP contribution in [0.5, 0.6) is 0 Å². The van der Waals surface area contributed by atoms with Crippen LogP contribution >= 0.6 is 11.6 Å². The number of carbonyl (C=O) groups is 2. The standard InChI is InChI=1S/C22H32ClN3O4S/c1-4-12-31(29,30)25-14-20(27)26(19-11-10-17(23)13-16(19)2)22(3,15-25)21(28)24-18-8-6-5-7-9-18/h10-11,13,18H,4-9,12,14-15H2,1-3H3,(H,24,28)/t22-/m0/s1. The molecule has 172 valence electrons. The van der Waals surface area contributed by atoms with Gasteiger partial charge in [-0.3, -0.25) is 14.5 Å². The maximum atomic E-state index is 13.6. The van der Waals surface area contributed by atoms with E-state index in [0.717, 1.165) is 37.7 Å². The van der Waals surface area contributed by atoms with Gasteiger partial charge >= 0.3 is 0 Å². The van der Waals surface area contributed by atoms with Crippen LogP contribution in [0.4, 0.5) is 5.69 Å². The number of rotatable bonds is 6. The van der Waals surface area contributed by atoms with Gasteiger partial charge in [0.2, 0.25) is 21.8 Å². The van der Waals surface area contributed by atoms with Gasteiger partial charge < -0.3 is 5.32 Å². The zero-order chi connectivity index (χ0) is 22.8. The van der Waals surface area contributed by atoms with Gasteiger partial charge in [-0.05, 0) is 56.9 Å². The van der Waals surface area contributed by atoms with Crippen molar-refractivity contribution >= 4 is 39.1 Å². The summed E-state index contributed by atoms with van der Waals surface area (Å²) in [6.45, 7) is 4.90. The lowest BCUT2D eigenvalue weighted by Gasteiger charge is -2.47. The maximum absolute atomic E-state index is 13.6. The van der Waals surface area contributed by atoms with Gasteiger partial charge in [0.25, 0.3) is 0 Å². The average Bonchev–Trinajstić information content (AvgIpc) is 2.69. The molecule has 0 aromatic heterocycles. The summed E-state index contributed by atoms with van der Waals surface area (Å²) < 4.78 is 26.8. The molecule has 1 aromatic carbocycles. The highest BCUT2D eigenvalue weighted by Gasteiger charge is 2.51. The third-order valence-corrected chi connectivity index (χ3v) is 8.43. The number of anilines is 1. The van der Waals surface area contributed by atoms with E-state index in [0.29, 0.717) is 17.1 Å². The third kappa shape index (κ3) is 5.07. The second-order valence-electron chi connectivity index (χ2n) is 8.83. The normalized spacial score (nSPS) is 23.7. The summed E-state index contributed by atoms with van der Waals surface area (Å²) >= 11 is 6.10. The van der Waals surface area contributed by atoms with Crippen molar-refractivity contribution in [1.82, 2.24) is 9.62 Å². The van der Waals surface area contributed by atoms with Crippen molar-refractivity contribution in [3.05, 3.63) is 28.8 Å². The van der Waals surface area contributed by atoms with E-state index in [1.807, 2.05) is 6.92 Å². The van der Waals surface area contributed by atoms with Crippen LogP contribution in [-0.4, -0.2) is 55.0 Å². The summed E-state index contributed by atoms with van der Waals surface area (Å²) in [5.74, 6) is -0.795. The second-order valence-corrected chi connectivity index (χ2v) is 11.4. The Labute approximate surface area is 190 Å². The number of nitrogens with zero attached hydrogens (tertiary/aromatic N) is 2. The number of carbonyl (C=O) groups excluding carboxylic acids is 2. The quantitative estimate of drug-likeness (QED) is 0.692. The fourth-order valence-corrected chi connectivity index (χ4v) is 6.34. The minimum atomic E-state index is -3.64. The molecule has 9 heteroatoms. The highest BCUT2D eigenvalue weighted by Crippen LogP contribution is 2.34. The van der Waals surface area contributed by atoms with Crippen LogP contribution in [0.2, 0.25) is 5.02 Å². The number of hydrogen-bond acceptors (Lipinski definition) is 4. The van der Waals surface area contributed by atoms with E-state index in [4.69, 9.17) is 11.6 Å². The number of benzene rings is 1. The number of halogens is 1. The number of piperazine rings is 1. The van der Waals surface area contributed by atoms with E-state index < -0.39 is 21.5 Å². The third-order valence-electron chi connectivity index (χ3n) is 6.22. The molecule has 0 spiro atoms. The van der Waals surface area contributed by atoms with Gasteiger partial charge in [-0.25, -0.2) is 8.42 Å². The van der Waals surface area contributed by atoms with Gasteiger partial charge in [0.05, 0.1) is 12.3 Å². The van der Waals surface area contributed by atoms with Crippen LogP contribution in [0.25, 0.3) is 0 Å². The molecule has 1 aliphatic carbocycles. The van der Waals surface area contributed by atoms with Crippen LogP contribution in [0.15, 0.2) is 18.2 Å². The van der Waals surface area contributed by atoms with Crippen molar-refractivity contribution in [2.24, 2.45) is 0 Å². The highest BCUT2D eigenvalue weighted by molar-refractivity contribution is 7.89. The minimum absolute atomic E-state index is 0.0453. The molecule has 1 heterocycles. The predicted octanol–water partition coefficient (Wildman–Crippen LogP) is 3.24. The lowest BCUT2D eigenvalue weighted by atomic mass is 9.91. The van der Waals surface area contributed by atoms with Gasteiger partial charge in [-0.15, -0.1) is 0 Å². The van der Waals surface area contributed by atoms with Crippen molar-refractivity contribution in [3.63, 3.8) is 0 Å². The van der Waals surface area contributed by atoms with Crippen molar-refractivity contribution in [1.29, 1.82) is 0 Å². The predicted molar refractivity (Wildman–Crippen MR) is 123 cm³/mol. The number of sulfonamides is 1. The first kappa shape index (κ1) is 24.0. The van der Waals surface area contributed by atoms with Gasteiger partial charge in [-0.2, -0.15) is 4.31 Å². The molecule has 0 unspecified atom stereocenters. The number of hydrogen-bond donors (Lipinski definition) is 1. The first-order valence-electron chi connectivity index (χ1n) is 11.0. The molecule has 1 saturated carbocycles. The smallest absolute Gasteiger partial charge is 0.247 e. The van der Waals surface area contributed by atoms with E-state index in [-0.39, 0.29) is 30.8 Å².